The van der Waals surface area contributed by atoms with Crippen molar-refractivity contribution >= 4 is 5.97 Å². The van der Waals surface area contributed by atoms with Gasteiger partial charge in [-0.1, -0.05) is 117 Å². The van der Waals surface area contributed by atoms with Gasteiger partial charge >= 0.3 is 5.97 Å². The van der Waals surface area contributed by atoms with Crippen LogP contribution >= 0.6 is 0 Å². The Morgan fingerprint density at radius 2 is 1.04 bits per heavy atom. The van der Waals surface area contributed by atoms with E-state index in [4.69, 9.17) is 4.74 Å². The molecule has 0 aromatic carbocycles. The number of unbranched alkanes of at least 4 members (excludes halogenated alkanes) is 15. The van der Waals surface area contributed by atoms with Crippen LogP contribution in [0.15, 0.2) is 12.7 Å². The second-order valence-corrected chi connectivity index (χ2v) is 6.67. The molecule has 0 saturated carbocycles. The van der Waals surface area contributed by atoms with E-state index >= 15 is 0 Å². The molecule has 2 nitrogen and oxygen atoms in total. The third kappa shape index (κ3) is 21.2. The van der Waals surface area contributed by atoms with Gasteiger partial charge in [0.25, 0.3) is 0 Å². The maximum absolute atomic E-state index is 10.8. The van der Waals surface area contributed by atoms with E-state index in [1.807, 2.05) is 0 Å². The lowest BCUT2D eigenvalue weighted by Gasteiger charge is -2.04. The summed E-state index contributed by atoms with van der Waals surface area (Å²) in [5, 5.41) is 0. The molecule has 24 heavy (non-hydrogen) atoms. The van der Waals surface area contributed by atoms with Crippen LogP contribution in [0, 0.1) is 0 Å². The monoisotopic (exact) mass is 340 g/mol. The van der Waals surface area contributed by atoms with Gasteiger partial charge in [0.2, 0.25) is 0 Å². The predicted octanol–water partition coefficient (Wildman–Crippen LogP) is 7.61. The second kappa shape index (κ2) is 22.2. The summed E-state index contributed by atoms with van der Waals surface area (Å²) in [5.74, 6) is -0.300. The van der Waals surface area contributed by atoms with Crippen molar-refractivity contribution in [1.82, 2.24) is 0 Å². The minimum absolute atomic E-state index is 0. The summed E-state index contributed by atoms with van der Waals surface area (Å²) in [4.78, 5) is 10.8. The Morgan fingerprint density at radius 1 is 0.708 bits per heavy atom. The van der Waals surface area contributed by atoms with E-state index in [1.165, 1.54) is 102 Å². The smallest absolute Gasteiger partial charge is 0.330 e. The van der Waals surface area contributed by atoms with Gasteiger partial charge in [-0.2, -0.15) is 0 Å². The van der Waals surface area contributed by atoms with E-state index in [1.54, 1.807) is 0 Å². The van der Waals surface area contributed by atoms with Crippen molar-refractivity contribution < 1.29 is 9.53 Å². The first-order chi connectivity index (χ1) is 11.3. The summed E-state index contributed by atoms with van der Waals surface area (Å²) in [6.45, 7) is 6.20. The Labute approximate surface area is 152 Å². The van der Waals surface area contributed by atoms with Gasteiger partial charge in [0, 0.05) is 6.08 Å². The Balaban J connectivity index is 0. The van der Waals surface area contributed by atoms with Crippen LogP contribution in [0.2, 0.25) is 0 Å². The van der Waals surface area contributed by atoms with Crippen LogP contribution in [-0.4, -0.2) is 12.6 Å². The maximum atomic E-state index is 10.8. The lowest BCUT2D eigenvalue weighted by molar-refractivity contribution is -0.137. The van der Waals surface area contributed by atoms with Crippen LogP contribution in [0.3, 0.4) is 0 Å². The van der Waals surface area contributed by atoms with Crippen LogP contribution < -0.4 is 0 Å². The summed E-state index contributed by atoms with van der Waals surface area (Å²) in [5.41, 5.74) is 0. The zero-order chi connectivity index (χ0) is 17.0. The molecule has 0 rings (SSSR count). The number of esters is 1. The van der Waals surface area contributed by atoms with E-state index in [-0.39, 0.29) is 13.4 Å². The molecule has 0 amide bonds. The van der Waals surface area contributed by atoms with Crippen LogP contribution in [0.4, 0.5) is 0 Å². The highest BCUT2D eigenvalue weighted by Crippen LogP contribution is 2.13. The first-order valence-corrected chi connectivity index (χ1v) is 10.1. The van der Waals surface area contributed by atoms with E-state index in [2.05, 4.69) is 13.5 Å². The fourth-order valence-corrected chi connectivity index (χ4v) is 2.88. The molecule has 0 aromatic rings. The van der Waals surface area contributed by atoms with Gasteiger partial charge in [0.05, 0.1) is 6.61 Å². The van der Waals surface area contributed by atoms with Crippen molar-refractivity contribution in [3.8, 4) is 0 Å². The van der Waals surface area contributed by atoms with Crippen molar-refractivity contribution in [1.29, 1.82) is 0 Å². The zero-order valence-corrected chi connectivity index (χ0v) is 15.6. The topological polar surface area (TPSA) is 26.3 Å². The number of rotatable bonds is 18. The molecular weight excluding hydrogens is 296 g/mol. The van der Waals surface area contributed by atoms with E-state index in [0.29, 0.717) is 6.61 Å². The summed E-state index contributed by atoms with van der Waals surface area (Å²) < 4.78 is 4.95. The molecule has 0 radical (unpaired) electrons. The quantitative estimate of drug-likeness (QED) is 0.146. The Morgan fingerprint density at radius 3 is 1.38 bits per heavy atom. The van der Waals surface area contributed by atoms with Crippen LogP contribution in [-0.2, 0) is 9.53 Å². The first kappa shape index (κ1) is 25.5. The second-order valence-electron chi connectivity index (χ2n) is 6.67. The molecule has 0 saturated heterocycles. The van der Waals surface area contributed by atoms with Crippen molar-refractivity contribution in [2.24, 2.45) is 0 Å². The van der Waals surface area contributed by atoms with Crippen LogP contribution in [0.1, 0.15) is 117 Å². The number of ether oxygens (including phenoxy) is 1. The fourth-order valence-electron chi connectivity index (χ4n) is 2.88. The van der Waals surface area contributed by atoms with Crippen molar-refractivity contribution in [2.45, 2.75) is 117 Å². The molecule has 0 aliphatic carbocycles. The largest absolute Gasteiger partial charge is 0.463 e. The predicted molar refractivity (Wildman–Crippen MR) is 107 cm³/mol. The number of carbonyl (C=O) groups is 1. The molecule has 0 fully saturated rings. The van der Waals surface area contributed by atoms with Gasteiger partial charge in [-0.05, 0) is 6.42 Å². The normalized spacial score (nSPS) is 10.2. The molecular formula is C22H44O2. The summed E-state index contributed by atoms with van der Waals surface area (Å²) in [6, 6.07) is 0. The number of hydrogen-bond donors (Lipinski definition) is 0. The Hall–Kier alpha value is -0.790. The van der Waals surface area contributed by atoms with E-state index < -0.39 is 0 Å². The van der Waals surface area contributed by atoms with Crippen molar-refractivity contribution in [2.75, 3.05) is 6.61 Å². The lowest BCUT2D eigenvalue weighted by atomic mass is 10.0. The van der Waals surface area contributed by atoms with Crippen LogP contribution in [0.25, 0.3) is 0 Å². The van der Waals surface area contributed by atoms with Gasteiger partial charge in [0.1, 0.15) is 0 Å². The Bertz CT molecular complexity index is 261. The highest BCUT2D eigenvalue weighted by Gasteiger charge is 1.96. The summed E-state index contributed by atoms with van der Waals surface area (Å²) in [7, 11) is 0. The van der Waals surface area contributed by atoms with Gasteiger partial charge in [-0.25, -0.2) is 4.79 Å². The average Bonchev–Trinajstić information content (AvgIpc) is 2.57. The summed E-state index contributed by atoms with van der Waals surface area (Å²) in [6.07, 6.45) is 23.0. The van der Waals surface area contributed by atoms with Crippen molar-refractivity contribution in [3.05, 3.63) is 12.7 Å². The SMILES string of the molecule is C.C=CC(=O)OCCCCCCCCCCCCCCCCCC. The van der Waals surface area contributed by atoms with Crippen LogP contribution in [0.5, 0.6) is 0 Å². The molecule has 0 atom stereocenters. The summed E-state index contributed by atoms with van der Waals surface area (Å²) >= 11 is 0. The Kier molecular flexibility index (Phi) is 23.6. The number of carbonyl (C=O) groups excluding carboxylic acids is 1. The first-order valence-electron chi connectivity index (χ1n) is 10.1. The highest BCUT2D eigenvalue weighted by molar-refractivity contribution is 5.81. The van der Waals surface area contributed by atoms with Gasteiger partial charge in [-0.15, -0.1) is 0 Å². The minimum atomic E-state index is -0.300. The molecule has 2 heteroatoms. The third-order valence-electron chi connectivity index (χ3n) is 4.41. The van der Waals surface area contributed by atoms with Gasteiger partial charge in [0.15, 0.2) is 0 Å². The fraction of sp³-hybridized carbons (Fsp3) is 0.864. The molecule has 0 bridgehead atoms. The van der Waals surface area contributed by atoms with Gasteiger partial charge in [-0.3, -0.25) is 0 Å². The minimum Gasteiger partial charge on any atom is -0.463 e. The molecule has 0 heterocycles. The van der Waals surface area contributed by atoms with Gasteiger partial charge < -0.3 is 4.74 Å². The molecule has 0 aromatic heterocycles. The zero-order valence-electron chi connectivity index (χ0n) is 15.6. The molecule has 0 spiro atoms. The number of hydrogen-bond acceptors (Lipinski definition) is 2. The highest BCUT2D eigenvalue weighted by atomic mass is 16.5. The van der Waals surface area contributed by atoms with E-state index in [0.717, 1.165) is 6.42 Å². The standard InChI is InChI=1S/C21H40O2.CH4/c1-3-5-6-7-8-9-10-11-12-13-14-15-16-17-18-19-20-23-21(22)4-2;/h4H,2-3,5-20H2,1H3;1H4. The van der Waals surface area contributed by atoms with Crippen molar-refractivity contribution in [3.63, 3.8) is 0 Å². The lowest BCUT2D eigenvalue weighted by Crippen LogP contribution is -2.01. The van der Waals surface area contributed by atoms with E-state index in [9.17, 15) is 4.79 Å². The molecule has 0 aliphatic heterocycles. The average molecular weight is 341 g/mol. The molecule has 144 valence electrons. The third-order valence-corrected chi connectivity index (χ3v) is 4.41. The maximum Gasteiger partial charge on any atom is 0.330 e. The molecule has 0 N–H and O–H groups in total. The molecule has 0 aliphatic rings. The molecule has 0 unspecified atom stereocenters.